The zero-order chi connectivity index (χ0) is 20.2. The van der Waals surface area contributed by atoms with Crippen molar-refractivity contribution in [2.45, 2.75) is 13.8 Å². The molecule has 0 saturated carbocycles. The normalized spacial score (nSPS) is 10.9. The number of aryl methyl sites for hydroxylation is 4. The molecular weight excluding hydrogens is 404 g/mol. The van der Waals surface area contributed by atoms with Crippen molar-refractivity contribution in [2.24, 2.45) is 14.1 Å². The van der Waals surface area contributed by atoms with E-state index in [1.807, 2.05) is 22.7 Å². The van der Waals surface area contributed by atoms with Gasteiger partial charge in [0.1, 0.15) is 23.5 Å². The third kappa shape index (κ3) is 6.05. The second kappa shape index (κ2) is 8.85. The first-order valence-corrected chi connectivity index (χ1v) is 10.9. The summed E-state index contributed by atoms with van der Waals surface area (Å²) in [5.41, 5.74) is 2.66. The lowest BCUT2D eigenvalue weighted by atomic mass is 10.3. The molecule has 27 heavy (non-hydrogen) atoms. The summed E-state index contributed by atoms with van der Waals surface area (Å²) in [5, 5.41) is 2.71. The summed E-state index contributed by atoms with van der Waals surface area (Å²) in [7, 11) is -0.956. The standard InChI is InChI=1S/2C9H10NS.H2O4S/c2*1-7-10(2)8-5-3-4-6-9(8)11-7;1-5(2,3)4/h2*3-6H,1-2H3;(H2,1,2,3,4)/q2*+1;/p-2. The van der Waals surface area contributed by atoms with Gasteiger partial charge in [-0.25, -0.2) is 0 Å². The molecule has 144 valence electrons. The minimum absolute atomic E-state index is 1.33. The Kier molecular flexibility index (Phi) is 7.01. The van der Waals surface area contributed by atoms with Gasteiger partial charge in [0.2, 0.25) is 21.0 Å². The summed E-state index contributed by atoms with van der Waals surface area (Å²) in [4.78, 5) is 0. The Hall–Kier alpha value is -1.91. The number of para-hydroxylation sites is 2. The first-order chi connectivity index (χ1) is 12.6. The van der Waals surface area contributed by atoms with Crippen molar-refractivity contribution in [3.8, 4) is 0 Å². The lowest BCUT2D eigenvalue weighted by Crippen LogP contribution is -2.28. The molecule has 0 bridgehead atoms. The van der Waals surface area contributed by atoms with E-state index in [1.54, 1.807) is 0 Å². The van der Waals surface area contributed by atoms with Gasteiger partial charge >= 0.3 is 0 Å². The van der Waals surface area contributed by atoms with Crippen LogP contribution in [0.2, 0.25) is 0 Å². The molecule has 0 radical (unpaired) electrons. The second-order valence-electron chi connectivity index (χ2n) is 5.70. The van der Waals surface area contributed by atoms with E-state index in [-0.39, 0.29) is 0 Å². The Morgan fingerprint density at radius 3 is 1.33 bits per heavy atom. The minimum atomic E-state index is -5.17. The molecule has 0 atom stereocenters. The molecule has 0 aliphatic heterocycles. The number of nitrogens with zero attached hydrogens (tertiary/aromatic N) is 2. The lowest BCUT2D eigenvalue weighted by molar-refractivity contribution is -0.646. The van der Waals surface area contributed by atoms with E-state index < -0.39 is 10.4 Å². The van der Waals surface area contributed by atoms with Crippen LogP contribution in [0.4, 0.5) is 0 Å². The highest BCUT2D eigenvalue weighted by molar-refractivity contribution is 7.79. The number of fused-ring (bicyclic) bond motifs is 2. The Labute approximate surface area is 166 Å². The lowest BCUT2D eigenvalue weighted by Gasteiger charge is -2.06. The van der Waals surface area contributed by atoms with Gasteiger partial charge in [0.05, 0.1) is 0 Å². The average molecular weight is 425 g/mol. The first-order valence-electron chi connectivity index (χ1n) is 7.93. The fraction of sp³-hybridized carbons (Fsp3) is 0.222. The van der Waals surface area contributed by atoms with Crippen LogP contribution in [0, 0.1) is 13.8 Å². The highest BCUT2D eigenvalue weighted by Gasteiger charge is 2.11. The molecule has 2 aromatic heterocycles. The van der Waals surface area contributed by atoms with Crippen LogP contribution in [0.1, 0.15) is 10.0 Å². The molecule has 0 fully saturated rings. The summed E-state index contributed by atoms with van der Waals surface area (Å²) in [6.07, 6.45) is 0. The van der Waals surface area contributed by atoms with Gasteiger partial charge in [0.25, 0.3) is 0 Å². The van der Waals surface area contributed by atoms with Crippen molar-refractivity contribution >= 4 is 53.5 Å². The topological polar surface area (TPSA) is 88.0 Å². The number of aromatic nitrogens is 2. The first kappa shape index (κ1) is 21.4. The molecule has 0 aliphatic carbocycles. The van der Waals surface area contributed by atoms with Crippen LogP contribution in [0.25, 0.3) is 20.4 Å². The summed E-state index contributed by atoms with van der Waals surface area (Å²) in [5.74, 6) is 0. The van der Waals surface area contributed by atoms with Crippen LogP contribution in [0.5, 0.6) is 0 Å². The summed E-state index contributed by atoms with van der Waals surface area (Å²) >= 11 is 3.68. The molecule has 6 nitrogen and oxygen atoms in total. The van der Waals surface area contributed by atoms with Crippen molar-refractivity contribution < 1.29 is 26.7 Å². The molecule has 9 heteroatoms. The van der Waals surface area contributed by atoms with E-state index in [9.17, 15) is 0 Å². The third-order valence-corrected chi connectivity index (χ3v) is 6.18. The van der Waals surface area contributed by atoms with Gasteiger partial charge in [0, 0.05) is 36.4 Å². The quantitative estimate of drug-likeness (QED) is 0.247. The zero-order valence-electron chi connectivity index (χ0n) is 15.4. The van der Waals surface area contributed by atoms with Gasteiger partial charge in [0.15, 0.2) is 0 Å². The van der Waals surface area contributed by atoms with Gasteiger partial charge in [-0.3, -0.25) is 8.42 Å². The Morgan fingerprint density at radius 2 is 1.04 bits per heavy atom. The zero-order valence-corrected chi connectivity index (χ0v) is 17.8. The SMILES string of the molecule is Cc1sc2ccccc2[n+]1C.Cc1sc2ccccc2[n+]1C.O=S(=O)([O-])[O-]. The number of benzene rings is 2. The maximum atomic E-state index is 8.52. The van der Waals surface area contributed by atoms with Crippen molar-refractivity contribution in [2.75, 3.05) is 0 Å². The third-order valence-electron chi connectivity index (χ3n) is 3.91. The van der Waals surface area contributed by atoms with Crippen molar-refractivity contribution in [1.82, 2.24) is 0 Å². The number of hydrogen-bond donors (Lipinski definition) is 0. The number of rotatable bonds is 0. The molecule has 0 unspecified atom stereocenters. The number of thiazole rings is 2. The van der Waals surface area contributed by atoms with Crippen LogP contribution >= 0.6 is 22.7 Å². The highest BCUT2D eigenvalue weighted by Crippen LogP contribution is 2.18. The Balaban J connectivity index is 0.000000157. The summed E-state index contributed by atoms with van der Waals surface area (Å²) in [6.45, 7) is 4.29. The maximum absolute atomic E-state index is 8.52. The van der Waals surface area contributed by atoms with Gasteiger partial charge in [-0.05, 0) is 12.1 Å². The van der Waals surface area contributed by atoms with E-state index in [2.05, 4.69) is 85.6 Å². The largest absolute Gasteiger partial charge is 0.759 e. The molecule has 0 spiro atoms. The van der Waals surface area contributed by atoms with E-state index in [4.69, 9.17) is 17.5 Å². The molecule has 0 N–H and O–H groups in total. The Bertz CT molecular complexity index is 1080. The van der Waals surface area contributed by atoms with Crippen LogP contribution < -0.4 is 9.13 Å². The molecule has 2 aromatic carbocycles. The highest BCUT2D eigenvalue weighted by atomic mass is 32.3. The smallest absolute Gasteiger partial charge is 0.234 e. The molecule has 4 aromatic rings. The molecule has 0 amide bonds. The number of hydrogen-bond acceptors (Lipinski definition) is 6. The molecule has 0 saturated heterocycles. The fourth-order valence-corrected chi connectivity index (χ4v) is 4.45. The average Bonchev–Trinajstić information content (AvgIpc) is 3.04. The van der Waals surface area contributed by atoms with E-state index >= 15 is 0 Å². The predicted molar refractivity (Wildman–Crippen MR) is 106 cm³/mol. The van der Waals surface area contributed by atoms with E-state index in [0.29, 0.717) is 0 Å². The molecule has 4 rings (SSSR count). The fourth-order valence-electron chi connectivity index (χ4n) is 2.44. The van der Waals surface area contributed by atoms with Gasteiger partial charge < -0.3 is 9.11 Å². The molecule has 0 aliphatic rings. The summed E-state index contributed by atoms with van der Waals surface area (Å²) in [6, 6.07) is 16.9. The predicted octanol–water partition coefficient (Wildman–Crippen LogP) is 2.73. The molecular formula is C18H20N2O4S3. The monoisotopic (exact) mass is 424 g/mol. The van der Waals surface area contributed by atoms with E-state index in [0.717, 1.165) is 0 Å². The van der Waals surface area contributed by atoms with Crippen molar-refractivity contribution in [3.05, 3.63) is 58.5 Å². The van der Waals surface area contributed by atoms with Crippen LogP contribution in [-0.4, -0.2) is 17.5 Å². The second-order valence-corrected chi connectivity index (χ2v) is 8.99. The minimum Gasteiger partial charge on any atom is -0.759 e. The van der Waals surface area contributed by atoms with Gasteiger partial charge in [-0.15, -0.1) is 0 Å². The van der Waals surface area contributed by atoms with Gasteiger partial charge in [-0.1, -0.05) is 46.9 Å². The molecule has 2 heterocycles. The van der Waals surface area contributed by atoms with Gasteiger partial charge in [-0.2, -0.15) is 9.13 Å². The van der Waals surface area contributed by atoms with Crippen molar-refractivity contribution in [3.63, 3.8) is 0 Å². The summed E-state index contributed by atoms with van der Waals surface area (Å²) < 4.78 is 41.3. The van der Waals surface area contributed by atoms with Crippen molar-refractivity contribution in [1.29, 1.82) is 0 Å². The van der Waals surface area contributed by atoms with Crippen LogP contribution in [-0.2, 0) is 24.5 Å². The van der Waals surface area contributed by atoms with E-state index in [1.165, 1.54) is 30.4 Å². The Morgan fingerprint density at radius 1 is 0.741 bits per heavy atom. The maximum Gasteiger partial charge on any atom is 0.234 e. The van der Waals surface area contributed by atoms with Crippen LogP contribution in [0.3, 0.4) is 0 Å². The van der Waals surface area contributed by atoms with Crippen LogP contribution in [0.15, 0.2) is 48.5 Å².